The first kappa shape index (κ1) is 11.9. The molecule has 0 aromatic carbocycles. The van der Waals surface area contributed by atoms with Gasteiger partial charge in [0.1, 0.15) is 5.75 Å². The Morgan fingerprint density at radius 3 is 2.07 bits per heavy atom. The standard InChI is InChI=1S/C9H18O4S/c10-9(7-14(11,12)13)8-5-3-1-2-4-6-8/h8-10H,1-7H2,(H,11,12,13). The average molecular weight is 222 g/mol. The first-order valence-corrected chi connectivity index (χ1v) is 6.73. The highest BCUT2D eigenvalue weighted by molar-refractivity contribution is 7.85. The van der Waals surface area contributed by atoms with E-state index in [2.05, 4.69) is 0 Å². The third-order valence-corrected chi connectivity index (χ3v) is 3.59. The van der Waals surface area contributed by atoms with Crippen molar-refractivity contribution in [1.29, 1.82) is 0 Å². The van der Waals surface area contributed by atoms with E-state index in [-0.39, 0.29) is 5.92 Å². The Balaban J connectivity index is 2.45. The van der Waals surface area contributed by atoms with Gasteiger partial charge < -0.3 is 5.11 Å². The molecule has 5 heteroatoms. The summed E-state index contributed by atoms with van der Waals surface area (Å²) < 4.78 is 29.7. The molecule has 1 rings (SSSR count). The normalized spacial score (nSPS) is 23.0. The van der Waals surface area contributed by atoms with E-state index < -0.39 is 22.0 Å². The molecule has 0 aliphatic heterocycles. The van der Waals surface area contributed by atoms with E-state index in [1.54, 1.807) is 0 Å². The Morgan fingerprint density at radius 2 is 1.64 bits per heavy atom. The van der Waals surface area contributed by atoms with Gasteiger partial charge in [-0.3, -0.25) is 4.55 Å². The van der Waals surface area contributed by atoms with Gasteiger partial charge in [-0.1, -0.05) is 25.7 Å². The lowest BCUT2D eigenvalue weighted by atomic mass is 9.95. The van der Waals surface area contributed by atoms with Crippen LogP contribution in [0.1, 0.15) is 38.5 Å². The second-order valence-electron chi connectivity index (χ2n) is 4.07. The van der Waals surface area contributed by atoms with Crippen LogP contribution in [-0.4, -0.2) is 29.9 Å². The van der Waals surface area contributed by atoms with E-state index >= 15 is 0 Å². The molecule has 84 valence electrons. The molecule has 1 unspecified atom stereocenters. The predicted molar refractivity (Wildman–Crippen MR) is 53.6 cm³/mol. The van der Waals surface area contributed by atoms with Crippen molar-refractivity contribution in [1.82, 2.24) is 0 Å². The van der Waals surface area contributed by atoms with Crippen LogP contribution in [-0.2, 0) is 10.1 Å². The number of hydrogen-bond acceptors (Lipinski definition) is 3. The van der Waals surface area contributed by atoms with Gasteiger partial charge in [0.2, 0.25) is 0 Å². The highest BCUT2D eigenvalue weighted by Crippen LogP contribution is 2.25. The van der Waals surface area contributed by atoms with E-state index in [1.165, 1.54) is 0 Å². The minimum absolute atomic E-state index is 0.0411. The maximum atomic E-state index is 10.6. The molecular formula is C9H18O4S. The molecule has 0 heterocycles. The van der Waals surface area contributed by atoms with Crippen molar-refractivity contribution in [2.45, 2.75) is 44.6 Å². The molecule has 4 nitrogen and oxygen atoms in total. The van der Waals surface area contributed by atoms with Crippen molar-refractivity contribution in [3.63, 3.8) is 0 Å². The van der Waals surface area contributed by atoms with Crippen LogP contribution in [0.25, 0.3) is 0 Å². The second kappa shape index (κ2) is 5.09. The molecule has 1 saturated carbocycles. The quantitative estimate of drug-likeness (QED) is 0.556. The lowest BCUT2D eigenvalue weighted by molar-refractivity contribution is 0.117. The van der Waals surface area contributed by atoms with Gasteiger partial charge in [0.05, 0.1) is 6.10 Å². The average Bonchev–Trinajstić information content (AvgIpc) is 2.27. The van der Waals surface area contributed by atoms with Crippen LogP contribution in [0.5, 0.6) is 0 Å². The fourth-order valence-electron chi connectivity index (χ4n) is 2.05. The molecule has 1 atom stereocenters. The van der Waals surface area contributed by atoms with Crippen molar-refractivity contribution >= 4 is 10.1 Å². The smallest absolute Gasteiger partial charge is 0.267 e. The van der Waals surface area contributed by atoms with E-state index in [0.29, 0.717) is 0 Å². The Bertz CT molecular complexity index is 252. The van der Waals surface area contributed by atoms with Gasteiger partial charge >= 0.3 is 0 Å². The van der Waals surface area contributed by atoms with Gasteiger partial charge in [-0.25, -0.2) is 0 Å². The lowest BCUT2D eigenvalue weighted by Gasteiger charge is -2.19. The monoisotopic (exact) mass is 222 g/mol. The largest absolute Gasteiger partial charge is 0.392 e. The zero-order valence-corrected chi connectivity index (χ0v) is 9.04. The summed E-state index contributed by atoms with van der Waals surface area (Å²) in [7, 11) is -4.03. The highest BCUT2D eigenvalue weighted by Gasteiger charge is 2.24. The third-order valence-electron chi connectivity index (χ3n) is 2.83. The maximum Gasteiger partial charge on any atom is 0.267 e. The lowest BCUT2D eigenvalue weighted by Crippen LogP contribution is -2.28. The molecule has 0 radical (unpaired) electrons. The van der Waals surface area contributed by atoms with Gasteiger partial charge in [0.15, 0.2) is 0 Å². The van der Waals surface area contributed by atoms with Crippen LogP contribution < -0.4 is 0 Å². The molecule has 1 fully saturated rings. The van der Waals surface area contributed by atoms with Gasteiger partial charge in [-0.05, 0) is 18.8 Å². The van der Waals surface area contributed by atoms with E-state index in [1.807, 2.05) is 0 Å². The molecule has 14 heavy (non-hydrogen) atoms. The minimum atomic E-state index is -4.03. The van der Waals surface area contributed by atoms with E-state index in [9.17, 15) is 13.5 Å². The predicted octanol–water partition coefficient (Wildman–Crippen LogP) is 1.21. The summed E-state index contributed by atoms with van der Waals surface area (Å²) in [6.45, 7) is 0. The van der Waals surface area contributed by atoms with Gasteiger partial charge in [-0.15, -0.1) is 0 Å². The number of aliphatic hydroxyl groups is 1. The Labute approximate surface area is 85.1 Å². The van der Waals surface area contributed by atoms with Crippen LogP contribution in [0.15, 0.2) is 0 Å². The number of aliphatic hydroxyl groups excluding tert-OH is 1. The molecule has 0 bridgehead atoms. The van der Waals surface area contributed by atoms with Crippen LogP contribution in [0.2, 0.25) is 0 Å². The Hall–Kier alpha value is -0.130. The number of hydrogen-bond donors (Lipinski definition) is 2. The first-order chi connectivity index (χ1) is 6.49. The summed E-state index contributed by atoms with van der Waals surface area (Å²) in [6, 6.07) is 0. The summed E-state index contributed by atoms with van der Waals surface area (Å²) >= 11 is 0. The van der Waals surface area contributed by atoms with E-state index in [4.69, 9.17) is 4.55 Å². The highest BCUT2D eigenvalue weighted by atomic mass is 32.2. The summed E-state index contributed by atoms with van der Waals surface area (Å²) in [5, 5.41) is 9.60. The van der Waals surface area contributed by atoms with Crippen molar-refractivity contribution < 1.29 is 18.1 Å². The second-order valence-corrected chi connectivity index (χ2v) is 5.56. The third kappa shape index (κ3) is 4.39. The SMILES string of the molecule is O=S(=O)(O)CC(O)C1CCCCCC1. The van der Waals surface area contributed by atoms with Gasteiger partial charge in [-0.2, -0.15) is 8.42 Å². The molecule has 2 N–H and O–H groups in total. The zero-order valence-electron chi connectivity index (χ0n) is 8.22. The summed E-state index contributed by atoms with van der Waals surface area (Å²) in [6.07, 6.45) is 5.26. The molecule has 1 aliphatic carbocycles. The summed E-state index contributed by atoms with van der Waals surface area (Å²) in [5.41, 5.74) is 0. The number of rotatable bonds is 3. The Kier molecular flexibility index (Phi) is 4.34. The topological polar surface area (TPSA) is 74.6 Å². The van der Waals surface area contributed by atoms with Crippen molar-refractivity contribution in [2.75, 3.05) is 5.75 Å². The fraction of sp³-hybridized carbons (Fsp3) is 1.00. The van der Waals surface area contributed by atoms with Crippen LogP contribution in [0.3, 0.4) is 0 Å². The molecule has 0 amide bonds. The van der Waals surface area contributed by atoms with Crippen LogP contribution in [0, 0.1) is 5.92 Å². The van der Waals surface area contributed by atoms with Crippen LogP contribution >= 0.6 is 0 Å². The molecule has 0 aromatic heterocycles. The first-order valence-electron chi connectivity index (χ1n) is 5.12. The molecule has 0 spiro atoms. The van der Waals surface area contributed by atoms with Gasteiger partial charge in [0, 0.05) is 0 Å². The fourth-order valence-corrected chi connectivity index (χ4v) is 2.75. The van der Waals surface area contributed by atoms with Crippen molar-refractivity contribution in [3.8, 4) is 0 Å². The van der Waals surface area contributed by atoms with Crippen molar-refractivity contribution in [2.24, 2.45) is 5.92 Å². The van der Waals surface area contributed by atoms with Gasteiger partial charge in [0.25, 0.3) is 10.1 Å². The van der Waals surface area contributed by atoms with E-state index in [0.717, 1.165) is 38.5 Å². The molecular weight excluding hydrogens is 204 g/mol. The summed E-state index contributed by atoms with van der Waals surface area (Å²) in [5.74, 6) is -0.475. The molecule has 0 aromatic rings. The van der Waals surface area contributed by atoms with Crippen LogP contribution in [0.4, 0.5) is 0 Å². The molecule has 1 aliphatic rings. The maximum absolute atomic E-state index is 10.6. The molecule has 0 saturated heterocycles. The minimum Gasteiger partial charge on any atom is -0.392 e. The summed E-state index contributed by atoms with van der Waals surface area (Å²) in [4.78, 5) is 0. The zero-order chi connectivity index (χ0) is 10.6. The Morgan fingerprint density at radius 1 is 1.14 bits per heavy atom. The van der Waals surface area contributed by atoms with Crippen molar-refractivity contribution in [3.05, 3.63) is 0 Å².